The van der Waals surface area contributed by atoms with Gasteiger partial charge in [-0.3, -0.25) is 14.3 Å². The molecule has 0 bridgehead atoms. The van der Waals surface area contributed by atoms with Gasteiger partial charge < -0.3 is 33.9 Å². The zero-order chi connectivity index (χ0) is 32.0. The Morgan fingerprint density at radius 1 is 0.933 bits per heavy atom. The van der Waals surface area contributed by atoms with Crippen molar-refractivity contribution < 1.29 is 33.9 Å². The number of ether oxygens (including phenoxy) is 5. The van der Waals surface area contributed by atoms with Crippen molar-refractivity contribution >= 4 is 0 Å². The average molecular weight is 619 g/mol. The van der Waals surface area contributed by atoms with E-state index in [1.807, 2.05) is 78.9 Å². The molecule has 0 aliphatic carbocycles. The third-order valence-corrected chi connectivity index (χ3v) is 7.99. The summed E-state index contributed by atoms with van der Waals surface area (Å²) in [5.41, 5.74) is 0.663. The number of aromatic amines is 1. The number of hydrogen-bond donors (Lipinski definition) is 3. The molecule has 1 aromatic heterocycles. The zero-order valence-electron chi connectivity index (χ0n) is 25.4. The second-order valence-corrected chi connectivity index (χ2v) is 10.9. The molecule has 1 unspecified atom stereocenters. The second kappa shape index (κ2) is 14.2. The summed E-state index contributed by atoms with van der Waals surface area (Å²) < 4.78 is 31.6. The number of aliphatic hydroxyl groups is 2. The van der Waals surface area contributed by atoms with Crippen molar-refractivity contribution in [2.45, 2.75) is 43.5 Å². The van der Waals surface area contributed by atoms with E-state index in [2.05, 4.69) is 4.98 Å². The van der Waals surface area contributed by atoms with Gasteiger partial charge in [-0.2, -0.15) is 0 Å². The Morgan fingerprint density at radius 2 is 1.51 bits per heavy atom. The lowest BCUT2D eigenvalue weighted by Crippen LogP contribution is -2.39. The predicted octanol–water partition coefficient (Wildman–Crippen LogP) is 2.90. The van der Waals surface area contributed by atoms with E-state index >= 15 is 0 Å². The Morgan fingerprint density at radius 3 is 2.07 bits per heavy atom. The molecule has 45 heavy (non-hydrogen) atoms. The fourth-order valence-electron chi connectivity index (χ4n) is 5.57. The van der Waals surface area contributed by atoms with E-state index in [9.17, 15) is 19.8 Å². The molecule has 1 saturated heterocycles. The van der Waals surface area contributed by atoms with Crippen LogP contribution in [0.1, 0.15) is 34.9 Å². The fraction of sp³-hybridized carbons (Fsp3) is 0.353. The Hall–Kier alpha value is -4.26. The molecule has 11 nitrogen and oxygen atoms in total. The monoisotopic (exact) mass is 618 g/mol. The number of nitrogens with one attached hydrogen (secondary N) is 1. The van der Waals surface area contributed by atoms with Crippen molar-refractivity contribution in [3.05, 3.63) is 128 Å². The van der Waals surface area contributed by atoms with Gasteiger partial charge in [0.2, 0.25) is 0 Å². The van der Waals surface area contributed by atoms with Crippen molar-refractivity contribution in [3.8, 4) is 11.5 Å². The van der Waals surface area contributed by atoms with Crippen LogP contribution in [0, 0.1) is 6.92 Å². The third-order valence-electron chi connectivity index (χ3n) is 7.99. The first-order valence-corrected chi connectivity index (χ1v) is 14.7. The number of methoxy groups -OCH3 is 2. The molecule has 1 aliphatic rings. The van der Waals surface area contributed by atoms with Gasteiger partial charge in [-0.25, -0.2) is 4.79 Å². The van der Waals surface area contributed by atoms with Gasteiger partial charge in [-0.15, -0.1) is 0 Å². The van der Waals surface area contributed by atoms with Crippen LogP contribution in [0.5, 0.6) is 11.5 Å². The highest BCUT2D eigenvalue weighted by atomic mass is 16.6. The summed E-state index contributed by atoms with van der Waals surface area (Å²) in [6.45, 7) is 1.01. The van der Waals surface area contributed by atoms with Gasteiger partial charge in [0.1, 0.15) is 35.5 Å². The number of hydrogen-bond acceptors (Lipinski definition) is 9. The normalized spacial score (nSPS) is 18.9. The molecule has 2 heterocycles. The first-order valence-electron chi connectivity index (χ1n) is 14.7. The smallest absolute Gasteiger partial charge is 0.330 e. The number of aryl methyl sites for hydroxylation is 1. The number of rotatable bonds is 13. The summed E-state index contributed by atoms with van der Waals surface area (Å²) in [7, 11) is 3.21. The maximum atomic E-state index is 12.7. The summed E-state index contributed by atoms with van der Waals surface area (Å²) in [5.74, 6) is 1.38. The molecule has 0 saturated carbocycles. The van der Waals surface area contributed by atoms with Crippen LogP contribution >= 0.6 is 0 Å². The maximum absolute atomic E-state index is 12.7. The summed E-state index contributed by atoms with van der Waals surface area (Å²) in [5, 5.41) is 19.4. The third kappa shape index (κ3) is 6.87. The number of benzene rings is 3. The number of aromatic nitrogens is 2. The Labute approximate surface area is 260 Å². The summed E-state index contributed by atoms with van der Waals surface area (Å²) in [6.07, 6.45) is -1.48. The molecular weight excluding hydrogens is 580 g/mol. The van der Waals surface area contributed by atoms with Gasteiger partial charge in [0.25, 0.3) is 5.56 Å². The second-order valence-electron chi connectivity index (χ2n) is 10.9. The van der Waals surface area contributed by atoms with E-state index in [0.29, 0.717) is 17.1 Å². The summed E-state index contributed by atoms with van der Waals surface area (Å²) in [6, 6.07) is 25.1. The van der Waals surface area contributed by atoms with Gasteiger partial charge in [-0.05, 0) is 47.9 Å². The van der Waals surface area contributed by atoms with Gasteiger partial charge in [0.15, 0.2) is 0 Å². The largest absolute Gasteiger partial charge is 0.497 e. The predicted molar refractivity (Wildman–Crippen MR) is 166 cm³/mol. The van der Waals surface area contributed by atoms with Crippen molar-refractivity contribution in [1.29, 1.82) is 0 Å². The quantitative estimate of drug-likeness (QED) is 0.193. The molecule has 3 aromatic carbocycles. The first kappa shape index (κ1) is 32.1. The van der Waals surface area contributed by atoms with Gasteiger partial charge in [-0.1, -0.05) is 54.6 Å². The van der Waals surface area contributed by atoms with Crippen LogP contribution in [0.3, 0.4) is 0 Å². The van der Waals surface area contributed by atoms with Crippen molar-refractivity contribution in [2.24, 2.45) is 0 Å². The summed E-state index contributed by atoms with van der Waals surface area (Å²) in [4.78, 5) is 27.1. The molecule has 238 valence electrons. The lowest BCUT2D eigenvalue weighted by atomic mass is 9.80. The van der Waals surface area contributed by atoms with Crippen LogP contribution in [0.25, 0.3) is 0 Å². The highest BCUT2D eigenvalue weighted by Crippen LogP contribution is 2.43. The molecular formula is C34H38N2O9. The Balaban J connectivity index is 1.56. The van der Waals surface area contributed by atoms with E-state index < -0.39 is 48.0 Å². The molecule has 0 amide bonds. The highest BCUT2D eigenvalue weighted by molar-refractivity contribution is 5.49. The van der Waals surface area contributed by atoms with Crippen molar-refractivity contribution in [3.63, 3.8) is 0 Å². The van der Waals surface area contributed by atoms with E-state index in [4.69, 9.17) is 23.7 Å². The molecule has 0 spiro atoms. The average Bonchev–Trinajstić information content (AvgIpc) is 3.49. The lowest BCUT2D eigenvalue weighted by Gasteiger charge is -2.37. The van der Waals surface area contributed by atoms with E-state index in [-0.39, 0.29) is 19.6 Å². The minimum Gasteiger partial charge on any atom is -0.497 e. The van der Waals surface area contributed by atoms with Gasteiger partial charge >= 0.3 is 5.69 Å². The van der Waals surface area contributed by atoms with Crippen molar-refractivity contribution in [2.75, 3.05) is 34.0 Å². The van der Waals surface area contributed by atoms with Crippen LogP contribution in [0.4, 0.5) is 0 Å². The minimum atomic E-state index is -1.12. The van der Waals surface area contributed by atoms with Gasteiger partial charge in [0.05, 0.1) is 40.1 Å². The molecule has 4 atom stereocenters. The molecule has 4 aromatic rings. The Kier molecular flexibility index (Phi) is 10.2. The van der Waals surface area contributed by atoms with Gasteiger partial charge in [0, 0.05) is 18.2 Å². The topological polar surface area (TPSA) is 141 Å². The highest BCUT2D eigenvalue weighted by Gasteiger charge is 2.43. The fourth-order valence-corrected chi connectivity index (χ4v) is 5.57. The number of aliphatic hydroxyl groups excluding tert-OH is 2. The zero-order valence-corrected chi connectivity index (χ0v) is 25.4. The number of nitrogens with zero attached hydrogens (tertiary/aromatic N) is 1. The molecule has 11 heteroatoms. The Bertz CT molecular complexity index is 1610. The first-order chi connectivity index (χ1) is 21.8. The van der Waals surface area contributed by atoms with Crippen LogP contribution in [-0.4, -0.2) is 72.1 Å². The van der Waals surface area contributed by atoms with Crippen molar-refractivity contribution in [1.82, 2.24) is 9.55 Å². The van der Waals surface area contributed by atoms with E-state index in [1.165, 1.54) is 10.8 Å². The van der Waals surface area contributed by atoms with Crippen LogP contribution in [-0.2, 0) is 19.8 Å². The number of H-pyrrole nitrogens is 1. The molecule has 5 rings (SSSR count). The van der Waals surface area contributed by atoms with Crippen LogP contribution in [0.2, 0.25) is 0 Å². The summed E-state index contributed by atoms with van der Waals surface area (Å²) >= 11 is 0. The standard InChI is InChI=1S/C34H38N2O9/c1-22-18-36(33(40)35-32(22)39)31-17-29(43-20-26(38)19-37)30(45-31)21-44-34(23-7-5-4-6-8-23,24-9-13-27(41-2)14-10-24)25-11-15-28(42-3)16-12-25/h4-16,18,26,29-31,37-38H,17,19-21H2,1-3H3,(H,35,39,40)/t26?,29-,30+,31+/m0/s1. The van der Waals surface area contributed by atoms with E-state index in [1.54, 1.807) is 21.1 Å². The lowest BCUT2D eigenvalue weighted by molar-refractivity contribution is -0.112. The molecule has 1 fully saturated rings. The SMILES string of the molecule is COc1ccc(C(OC[C@H]2O[C@@H](n3cc(C)c(=O)[nH]c3=O)C[C@@H]2OCC(O)CO)(c2ccccc2)c2ccc(OC)cc2)cc1. The molecule has 1 aliphatic heterocycles. The van der Waals surface area contributed by atoms with Crippen LogP contribution < -0.4 is 20.7 Å². The van der Waals surface area contributed by atoms with Crippen LogP contribution in [0.15, 0.2) is 94.6 Å². The minimum absolute atomic E-state index is 0.0143. The molecule has 3 N–H and O–H groups in total. The maximum Gasteiger partial charge on any atom is 0.330 e. The van der Waals surface area contributed by atoms with E-state index in [0.717, 1.165) is 16.7 Å². The molecule has 0 radical (unpaired) electrons.